The minimum absolute atomic E-state index is 0.168. The van der Waals surface area contributed by atoms with Crippen molar-refractivity contribution in [2.24, 2.45) is 0 Å². The maximum atomic E-state index is 13.6. The molecule has 0 atom stereocenters. The molecule has 1 amide bonds. The van der Waals surface area contributed by atoms with Crippen molar-refractivity contribution in [3.05, 3.63) is 75.4 Å². The van der Waals surface area contributed by atoms with Gasteiger partial charge < -0.3 is 14.8 Å². The van der Waals surface area contributed by atoms with E-state index in [1.165, 1.54) is 24.0 Å². The number of para-hydroxylation sites is 1. The second-order valence-electron chi connectivity index (χ2n) is 10.3. The molecule has 2 aliphatic heterocycles. The monoisotopic (exact) mass is 533 g/mol. The lowest BCUT2D eigenvalue weighted by molar-refractivity contribution is 0.0982. The van der Waals surface area contributed by atoms with Crippen LogP contribution < -0.4 is 9.80 Å². The van der Waals surface area contributed by atoms with Gasteiger partial charge in [-0.05, 0) is 86.8 Å². The standard InChI is InChI=1S/C29H29Cl2N5O/c1-17-13-19(7-8-20(17)18-9-11-34(2)12-10-18)25-14-21-26-22(15-32-28(21)33-25)29(37)36(16-35(26)3)27-23(30)5-4-6-24(27)31/h4-8,13-15,18H,9-12,16H2,1-3H3,(H,32,33). The number of pyridine rings is 1. The largest absolute Gasteiger partial charge is 0.355 e. The molecule has 2 aromatic carbocycles. The van der Waals surface area contributed by atoms with Crippen LogP contribution in [-0.4, -0.2) is 54.6 Å². The first-order valence-corrected chi connectivity index (χ1v) is 13.4. The Morgan fingerprint density at radius 1 is 1.00 bits per heavy atom. The predicted octanol–water partition coefficient (Wildman–Crippen LogP) is 6.71. The van der Waals surface area contributed by atoms with Crippen molar-refractivity contribution >= 4 is 51.5 Å². The summed E-state index contributed by atoms with van der Waals surface area (Å²) < 4.78 is 0. The molecule has 4 heterocycles. The van der Waals surface area contributed by atoms with Gasteiger partial charge in [0.25, 0.3) is 5.91 Å². The number of H-pyrrole nitrogens is 1. The molecule has 6 nitrogen and oxygen atoms in total. The van der Waals surface area contributed by atoms with E-state index >= 15 is 0 Å². The van der Waals surface area contributed by atoms with E-state index in [0.717, 1.165) is 41.1 Å². The highest BCUT2D eigenvalue weighted by atomic mass is 35.5. The molecule has 2 aliphatic rings. The van der Waals surface area contributed by atoms with Crippen molar-refractivity contribution in [2.75, 3.05) is 43.7 Å². The molecule has 0 unspecified atom stereocenters. The quantitative estimate of drug-likeness (QED) is 0.318. The van der Waals surface area contributed by atoms with E-state index in [0.29, 0.717) is 33.9 Å². The molecule has 8 heteroatoms. The molecule has 37 heavy (non-hydrogen) atoms. The summed E-state index contributed by atoms with van der Waals surface area (Å²) in [6, 6.07) is 14.1. The van der Waals surface area contributed by atoms with Crippen LogP contribution in [0.15, 0.2) is 48.7 Å². The molecule has 0 radical (unpaired) electrons. The normalized spacial score (nSPS) is 17.1. The fourth-order valence-electron chi connectivity index (χ4n) is 5.82. The van der Waals surface area contributed by atoms with Gasteiger partial charge in [0.1, 0.15) is 5.65 Å². The van der Waals surface area contributed by atoms with Crippen LogP contribution >= 0.6 is 23.2 Å². The number of hydrogen-bond donors (Lipinski definition) is 1. The third kappa shape index (κ3) is 4.17. The van der Waals surface area contributed by atoms with Crippen molar-refractivity contribution in [3.8, 4) is 11.3 Å². The Labute approximate surface area is 226 Å². The van der Waals surface area contributed by atoms with Gasteiger partial charge in [-0.3, -0.25) is 9.69 Å². The van der Waals surface area contributed by atoms with Gasteiger partial charge in [-0.15, -0.1) is 0 Å². The number of carbonyl (C=O) groups excluding carboxylic acids is 1. The topological polar surface area (TPSA) is 55.5 Å². The van der Waals surface area contributed by atoms with E-state index in [-0.39, 0.29) is 5.91 Å². The third-order valence-electron chi connectivity index (χ3n) is 7.79. The molecule has 0 saturated carbocycles. The van der Waals surface area contributed by atoms with Crippen LogP contribution in [0, 0.1) is 6.92 Å². The zero-order valence-corrected chi connectivity index (χ0v) is 22.7. The Morgan fingerprint density at radius 2 is 1.73 bits per heavy atom. The van der Waals surface area contributed by atoms with Crippen LogP contribution in [0.3, 0.4) is 0 Å². The molecule has 0 spiro atoms. The second-order valence-corrected chi connectivity index (χ2v) is 11.1. The number of hydrogen-bond acceptors (Lipinski definition) is 4. The molecule has 0 bridgehead atoms. The van der Waals surface area contributed by atoms with Crippen LogP contribution in [0.4, 0.5) is 11.4 Å². The highest BCUT2D eigenvalue weighted by Crippen LogP contribution is 2.41. The Bertz CT molecular complexity index is 1500. The summed E-state index contributed by atoms with van der Waals surface area (Å²) in [7, 11) is 4.17. The Kier molecular flexibility index (Phi) is 6.14. The predicted molar refractivity (Wildman–Crippen MR) is 152 cm³/mol. The lowest BCUT2D eigenvalue weighted by Crippen LogP contribution is -2.45. The van der Waals surface area contributed by atoms with Gasteiger partial charge in [0.2, 0.25) is 0 Å². The lowest BCUT2D eigenvalue weighted by Gasteiger charge is -2.36. The summed E-state index contributed by atoms with van der Waals surface area (Å²) in [4.78, 5) is 27.7. The first-order chi connectivity index (χ1) is 17.8. The molecule has 6 rings (SSSR count). The number of aryl methyl sites for hydroxylation is 1. The molecular formula is C29H29Cl2N5O. The van der Waals surface area contributed by atoms with E-state index in [2.05, 4.69) is 53.1 Å². The van der Waals surface area contributed by atoms with Gasteiger partial charge in [0.15, 0.2) is 0 Å². The first-order valence-electron chi connectivity index (χ1n) is 12.6. The Morgan fingerprint density at radius 3 is 2.43 bits per heavy atom. The van der Waals surface area contributed by atoms with E-state index in [9.17, 15) is 4.79 Å². The zero-order valence-electron chi connectivity index (χ0n) is 21.2. The second kappa shape index (κ2) is 9.35. The van der Waals surface area contributed by atoms with Crippen molar-refractivity contribution in [1.82, 2.24) is 14.9 Å². The van der Waals surface area contributed by atoms with Crippen LogP contribution in [0.1, 0.15) is 40.2 Å². The van der Waals surface area contributed by atoms with Crippen LogP contribution in [0.25, 0.3) is 22.3 Å². The highest BCUT2D eigenvalue weighted by molar-refractivity contribution is 6.40. The number of amides is 1. The number of rotatable bonds is 3. The summed E-state index contributed by atoms with van der Waals surface area (Å²) >= 11 is 12.9. The molecule has 2 aromatic heterocycles. The van der Waals surface area contributed by atoms with Crippen LogP contribution in [0.2, 0.25) is 10.0 Å². The molecule has 1 fully saturated rings. The molecule has 0 aliphatic carbocycles. The molecule has 1 N–H and O–H groups in total. The van der Waals surface area contributed by atoms with Crippen molar-refractivity contribution in [2.45, 2.75) is 25.7 Å². The summed E-state index contributed by atoms with van der Waals surface area (Å²) in [6.45, 7) is 4.84. The Balaban J connectivity index is 1.36. The number of nitrogens with zero attached hydrogens (tertiary/aromatic N) is 4. The summed E-state index contributed by atoms with van der Waals surface area (Å²) in [6.07, 6.45) is 4.05. The average Bonchev–Trinajstić information content (AvgIpc) is 3.31. The number of fused-ring (bicyclic) bond motifs is 3. The minimum Gasteiger partial charge on any atom is -0.355 e. The maximum absolute atomic E-state index is 13.6. The number of nitrogens with one attached hydrogen (secondary N) is 1. The SMILES string of the molecule is Cc1cc(-c2cc3c4c(cnc3[nH]2)C(=O)N(c2c(Cl)cccc2Cl)CN4C)ccc1C1CCN(C)CC1. The van der Waals surface area contributed by atoms with Crippen molar-refractivity contribution < 1.29 is 4.79 Å². The third-order valence-corrected chi connectivity index (χ3v) is 8.40. The fourth-order valence-corrected chi connectivity index (χ4v) is 6.42. The first kappa shape index (κ1) is 24.3. The highest BCUT2D eigenvalue weighted by Gasteiger charge is 2.33. The maximum Gasteiger partial charge on any atom is 0.263 e. The number of aromatic amines is 1. The average molecular weight is 534 g/mol. The fraction of sp³-hybridized carbons (Fsp3) is 0.310. The van der Waals surface area contributed by atoms with Crippen LogP contribution in [0.5, 0.6) is 0 Å². The van der Waals surface area contributed by atoms with Gasteiger partial charge in [-0.1, -0.05) is 41.4 Å². The number of likely N-dealkylation sites (tertiary alicyclic amines) is 1. The molecule has 4 aromatic rings. The molecule has 190 valence electrons. The van der Waals surface area contributed by atoms with E-state index in [1.807, 2.05) is 11.9 Å². The molecule has 1 saturated heterocycles. The number of halogens is 2. The zero-order chi connectivity index (χ0) is 25.8. The van der Waals surface area contributed by atoms with E-state index in [4.69, 9.17) is 23.2 Å². The number of anilines is 2. The van der Waals surface area contributed by atoms with Gasteiger partial charge in [0.05, 0.1) is 33.7 Å². The number of aromatic nitrogens is 2. The number of piperidine rings is 1. The lowest BCUT2D eigenvalue weighted by atomic mass is 9.86. The summed E-state index contributed by atoms with van der Waals surface area (Å²) in [5.41, 5.74) is 7.54. The summed E-state index contributed by atoms with van der Waals surface area (Å²) in [5, 5.41) is 1.80. The van der Waals surface area contributed by atoms with Crippen molar-refractivity contribution in [1.29, 1.82) is 0 Å². The van der Waals surface area contributed by atoms with Crippen LogP contribution in [-0.2, 0) is 0 Å². The number of carbonyl (C=O) groups is 1. The van der Waals surface area contributed by atoms with E-state index < -0.39 is 0 Å². The van der Waals surface area contributed by atoms with Gasteiger partial charge in [-0.25, -0.2) is 4.98 Å². The minimum atomic E-state index is -0.168. The van der Waals surface area contributed by atoms with Gasteiger partial charge in [0, 0.05) is 24.3 Å². The number of benzene rings is 2. The smallest absolute Gasteiger partial charge is 0.263 e. The van der Waals surface area contributed by atoms with Gasteiger partial charge >= 0.3 is 0 Å². The van der Waals surface area contributed by atoms with E-state index in [1.54, 1.807) is 29.3 Å². The summed E-state index contributed by atoms with van der Waals surface area (Å²) in [5.74, 6) is 0.453. The van der Waals surface area contributed by atoms with Gasteiger partial charge in [-0.2, -0.15) is 0 Å². The Hall–Kier alpha value is -3.06. The van der Waals surface area contributed by atoms with Crippen molar-refractivity contribution in [3.63, 3.8) is 0 Å². The molecular weight excluding hydrogens is 505 g/mol.